The second-order valence-corrected chi connectivity index (χ2v) is 5.29. The molecule has 0 saturated carbocycles. The molecule has 0 aliphatic carbocycles. The predicted molar refractivity (Wildman–Crippen MR) is 97.7 cm³/mol. The van der Waals surface area contributed by atoms with E-state index in [1.165, 1.54) is 0 Å². The van der Waals surface area contributed by atoms with E-state index in [1.807, 2.05) is 30.3 Å². The number of azo groups is 1. The van der Waals surface area contributed by atoms with Crippen molar-refractivity contribution in [1.82, 2.24) is 0 Å². The molecule has 0 spiro atoms. The summed E-state index contributed by atoms with van der Waals surface area (Å²) in [7, 11) is 0. The van der Waals surface area contributed by atoms with Crippen molar-refractivity contribution in [2.45, 2.75) is 0 Å². The SMILES string of the molecule is O=C(/C(N=Nc1ccccc1)=C(\O)c1ccccc1)c1ccccc1. The largest absolute Gasteiger partial charge is 0.505 e. The van der Waals surface area contributed by atoms with Crippen LogP contribution in [0.2, 0.25) is 0 Å². The van der Waals surface area contributed by atoms with E-state index in [2.05, 4.69) is 10.2 Å². The minimum Gasteiger partial charge on any atom is -0.505 e. The molecule has 122 valence electrons. The van der Waals surface area contributed by atoms with Crippen LogP contribution in [0.15, 0.2) is 107 Å². The molecule has 3 rings (SSSR count). The Balaban J connectivity index is 2.05. The highest BCUT2D eigenvalue weighted by atomic mass is 16.3. The van der Waals surface area contributed by atoms with Gasteiger partial charge in [0.15, 0.2) is 11.5 Å². The van der Waals surface area contributed by atoms with Gasteiger partial charge in [-0.3, -0.25) is 4.79 Å². The van der Waals surface area contributed by atoms with Crippen LogP contribution >= 0.6 is 0 Å². The molecule has 3 aromatic rings. The number of aliphatic hydroxyl groups excluding tert-OH is 1. The maximum absolute atomic E-state index is 12.8. The Bertz CT molecular complexity index is 902. The number of carbonyl (C=O) groups excluding carboxylic acids is 1. The van der Waals surface area contributed by atoms with Crippen molar-refractivity contribution in [3.63, 3.8) is 0 Å². The number of aliphatic hydroxyl groups is 1. The quantitative estimate of drug-likeness (QED) is 0.287. The van der Waals surface area contributed by atoms with Gasteiger partial charge in [0.2, 0.25) is 5.78 Å². The van der Waals surface area contributed by atoms with Crippen LogP contribution in [-0.2, 0) is 0 Å². The highest BCUT2D eigenvalue weighted by Gasteiger charge is 2.18. The third kappa shape index (κ3) is 4.06. The molecule has 4 nitrogen and oxygen atoms in total. The van der Waals surface area contributed by atoms with Crippen LogP contribution in [-0.4, -0.2) is 10.9 Å². The number of Topliss-reactive ketones (excluding diaryl/α,β-unsaturated/α-hetero) is 1. The number of carbonyl (C=O) groups is 1. The molecule has 0 atom stereocenters. The summed E-state index contributed by atoms with van der Waals surface area (Å²) in [6.07, 6.45) is 0. The van der Waals surface area contributed by atoms with Gasteiger partial charge in [-0.15, -0.1) is 5.11 Å². The lowest BCUT2D eigenvalue weighted by molar-refractivity contribution is 0.103. The molecule has 0 radical (unpaired) electrons. The first-order valence-corrected chi connectivity index (χ1v) is 7.81. The minimum atomic E-state index is -0.387. The summed E-state index contributed by atoms with van der Waals surface area (Å²) < 4.78 is 0. The molecule has 0 aliphatic heterocycles. The van der Waals surface area contributed by atoms with Crippen LogP contribution in [0.25, 0.3) is 5.76 Å². The minimum absolute atomic E-state index is 0.0961. The average Bonchev–Trinajstić information content (AvgIpc) is 2.70. The number of allylic oxidation sites excluding steroid dienone is 1. The van der Waals surface area contributed by atoms with Gasteiger partial charge in [0.05, 0.1) is 5.69 Å². The maximum atomic E-state index is 12.8. The van der Waals surface area contributed by atoms with Crippen LogP contribution in [0.4, 0.5) is 5.69 Å². The van der Waals surface area contributed by atoms with Crippen LogP contribution in [0.5, 0.6) is 0 Å². The fourth-order valence-electron chi connectivity index (χ4n) is 2.26. The summed E-state index contributed by atoms with van der Waals surface area (Å²) in [6.45, 7) is 0. The first-order chi connectivity index (χ1) is 12.3. The van der Waals surface area contributed by atoms with E-state index in [9.17, 15) is 9.90 Å². The van der Waals surface area contributed by atoms with Crippen molar-refractivity contribution in [3.05, 3.63) is 108 Å². The Morgan fingerprint density at radius 2 is 1.16 bits per heavy atom. The third-order valence-corrected chi connectivity index (χ3v) is 3.54. The Hall–Kier alpha value is -3.53. The highest BCUT2D eigenvalue weighted by Crippen LogP contribution is 2.22. The van der Waals surface area contributed by atoms with Gasteiger partial charge in [-0.1, -0.05) is 78.9 Å². The molecule has 0 fully saturated rings. The molecule has 0 saturated heterocycles. The molecule has 0 amide bonds. The molecular weight excluding hydrogens is 312 g/mol. The van der Waals surface area contributed by atoms with E-state index in [1.54, 1.807) is 60.7 Å². The van der Waals surface area contributed by atoms with E-state index in [-0.39, 0.29) is 17.2 Å². The molecule has 0 heterocycles. The van der Waals surface area contributed by atoms with Crippen molar-refractivity contribution in [2.24, 2.45) is 10.2 Å². The molecule has 1 N–H and O–H groups in total. The predicted octanol–water partition coefficient (Wildman–Crippen LogP) is 5.58. The lowest BCUT2D eigenvalue weighted by Gasteiger charge is -2.06. The topological polar surface area (TPSA) is 62.0 Å². The monoisotopic (exact) mass is 328 g/mol. The summed E-state index contributed by atoms with van der Waals surface area (Å²) in [5.41, 5.74) is 1.45. The zero-order chi connectivity index (χ0) is 17.5. The van der Waals surface area contributed by atoms with Crippen LogP contribution in [0, 0.1) is 0 Å². The van der Waals surface area contributed by atoms with Crippen LogP contribution in [0.3, 0.4) is 0 Å². The molecule has 0 aromatic heterocycles. The van der Waals surface area contributed by atoms with Crippen LogP contribution in [0.1, 0.15) is 15.9 Å². The van der Waals surface area contributed by atoms with Crippen LogP contribution < -0.4 is 0 Å². The number of ketones is 1. The van der Waals surface area contributed by atoms with Gasteiger partial charge in [0.25, 0.3) is 0 Å². The lowest BCUT2D eigenvalue weighted by Crippen LogP contribution is -2.04. The van der Waals surface area contributed by atoms with E-state index in [0.717, 1.165) is 0 Å². The highest BCUT2D eigenvalue weighted by molar-refractivity contribution is 6.12. The van der Waals surface area contributed by atoms with Crippen molar-refractivity contribution in [3.8, 4) is 0 Å². The Kier molecular flexibility index (Phi) is 5.12. The Labute approximate surface area is 145 Å². The van der Waals surface area contributed by atoms with Gasteiger partial charge in [-0.05, 0) is 12.1 Å². The number of hydrogen-bond donors (Lipinski definition) is 1. The summed E-state index contributed by atoms with van der Waals surface area (Å²) in [5, 5.41) is 18.7. The van der Waals surface area contributed by atoms with Gasteiger partial charge in [-0.25, -0.2) is 0 Å². The summed E-state index contributed by atoms with van der Waals surface area (Å²) in [6, 6.07) is 26.6. The second-order valence-electron chi connectivity index (χ2n) is 5.29. The smallest absolute Gasteiger partial charge is 0.217 e. The van der Waals surface area contributed by atoms with Gasteiger partial charge >= 0.3 is 0 Å². The zero-order valence-corrected chi connectivity index (χ0v) is 13.4. The lowest BCUT2D eigenvalue weighted by atomic mass is 10.1. The van der Waals surface area contributed by atoms with Crippen molar-refractivity contribution in [2.75, 3.05) is 0 Å². The average molecular weight is 328 g/mol. The van der Waals surface area contributed by atoms with E-state index >= 15 is 0 Å². The van der Waals surface area contributed by atoms with Crippen molar-refractivity contribution in [1.29, 1.82) is 0 Å². The Morgan fingerprint density at radius 1 is 0.680 bits per heavy atom. The summed E-state index contributed by atoms with van der Waals surface area (Å²) in [5.74, 6) is -0.587. The third-order valence-electron chi connectivity index (χ3n) is 3.54. The molecular formula is C21H16N2O2. The summed E-state index contributed by atoms with van der Waals surface area (Å²) >= 11 is 0. The standard InChI is InChI=1S/C21H16N2O2/c24-20(16-10-4-1-5-11-16)19(21(25)17-12-6-2-7-13-17)23-22-18-14-8-3-9-15-18/h1-15,24H/b20-19+,23-22?. The van der Waals surface area contributed by atoms with E-state index in [4.69, 9.17) is 0 Å². The molecule has 0 unspecified atom stereocenters. The van der Waals surface area contributed by atoms with Gasteiger partial charge in [0, 0.05) is 11.1 Å². The van der Waals surface area contributed by atoms with Crippen molar-refractivity contribution >= 4 is 17.2 Å². The molecule has 25 heavy (non-hydrogen) atoms. The van der Waals surface area contributed by atoms with E-state index in [0.29, 0.717) is 16.8 Å². The Morgan fingerprint density at radius 3 is 1.72 bits per heavy atom. The first kappa shape index (κ1) is 16.3. The zero-order valence-electron chi connectivity index (χ0n) is 13.4. The van der Waals surface area contributed by atoms with Crippen molar-refractivity contribution < 1.29 is 9.90 Å². The maximum Gasteiger partial charge on any atom is 0.217 e. The fourth-order valence-corrected chi connectivity index (χ4v) is 2.26. The molecule has 3 aromatic carbocycles. The molecule has 4 heteroatoms. The fraction of sp³-hybridized carbons (Fsp3) is 0. The number of rotatable bonds is 5. The summed E-state index contributed by atoms with van der Waals surface area (Å²) in [4.78, 5) is 12.8. The number of nitrogens with zero attached hydrogens (tertiary/aromatic N) is 2. The number of hydrogen-bond acceptors (Lipinski definition) is 4. The molecule has 0 aliphatic rings. The van der Waals surface area contributed by atoms with Gasteiger partial charge in [-0.2, -0.15) is 5.11 Å². The van der Waals surface area contributed by atoms with E-state index < -0.39 is 0 Å². The number of benzene rings is 3. The normalized spacial score (nSPS) is 12.0. The van der Waals surface area contributed by atoms with Gasteiger partial charge < -0.3 is 5.11 Å². The van der Waals surface area contributed by atoms with Gasteiger partial charge in [0.1, 0.15) is 0 Å². The second kappa shape index (κ2) is 7.84. The molecule has 0 bridgehead atoms. The first-order valence-electron chi connectivity index (χ1n) is 7.81.